The number of ether oxygens (including phenoxy) is 3. The van der Waals surface area contributed by atoms with Crippen LogP contribution >= 0.6 is 0 Å². The molecule has 0 bridgehead atoms. The monoisotopic (exact) mass is 335 g/mol. The van der Waals surface area contributed by atoms with Gasteiger partial charge in [0.1, 0.15) is 13.2 Å². The molecule has 1 aromatic rings. The van der Waals surface area contributed by atoms with Crippen molar-refractivity contribution in [3.05, 3.63) is 23.3 Å². The number of methoxy groups -OCH3 is 1. The Morgan fingerprint density at radius 1 is 1.25 bits per heavy atom. The largest absolute Gasteiger partial charge is 0.486 e. The van der Waals surface area contributed by atoms with E-state index in [-0.39, 0.29) is 12.0 Å². The van der Waals surface area contributed by atoms with Crippen molar-refractivity contribution < 1.29 is 19.3 Å². The number of aliphatic hydroxyl groups is 1. The standard InChI is InChI=1S/C19H29NO4/c1-15-10-17-18(24-9-8-23-17)11-16(15)12-20-6-3-4-19(13-20,14-21)5-7-22-2/h10-11,21H,3-9,12-14H2,1-2H3/t19-/m1/s1. The maximum Gasteiger partial charge on any atom is 0.161 e. The van der Waals surface area contributed by atoms with Gasteiger partial charge in [0, 0.05) is 32.2 Å². The van der Waals surface area contributed by atoms with Crippen molar-refractivity contribution in [1.29, 1.82) is 0 Å². The minimum Gasteiger partial charge on any atom is -0.486 e. The third-order valence-corrected chi connectivity index (χ3v) is 5.31. The lowest BCUT2D eigenvalue weighted by Crippen LogP contribution is -2.45. The highest BCUT2D eigenvalue weighted by Crippen LogP contribution is 2.36. The predicted molar refractivity (Wildman–Crippen MR) is 92.7 cm³/mol. The van der Waals surface area contributed by atoms with E-state index in [2.05, 4.69) is 24.0 Å². The first-order valence-electron chi connectivity index (χ1n) is 8.87. The zero-order valence-corrected chi connectivity index (χ0v) is 14.8. The lowest BCUT2D eigenvalue weighted by Gasteiger charge is -2.42. The SMILES string of the molecule is COCC[C@]1(CO)CCCN(Cc2cc3c(cc2C)OCCO3)C1. The summed E-state index contributed by atoms with van der Waals surface area (Å²) in [4.78, 5) is 2.45. The van der Waals surface area contributed by atoms with Crippen molar-refractivity contribution in [2.45, 2.75) is 32.7 Å². The summed E-state index contributed by atoms with van der Waals surface area (Å²) < 4.78 is 16.6. The Hall–Kier alpha value is -1.30. The van der Waals surface area contributed by atoms with Gasteiger partial charge in [0.05, 0.1) is 6.61 Å². The van der Waals surface area contributed by atoms with Crippen LogP contribution in [-0.2, 0) is 11.3 Å². The summed E-state index contributed by atoms with van der Waals surface area (Å²) in [5, 5.41) is 9.95. The van der Waals surface area contributed by atoms with Crippen LogP contribution in [-0.4, -0.2) is 56.6 Å². The van der Waals surface area contributed by atoms with Crippen molar-refractivity contribution in [3.8, 4) is 11.5 Å². The molecule has 134 valence electrons. The molecule has 0 aliphatic carbocycles. The quantitative estimate of drug-likeness (QED) is 0.865. The first kappa shape index (κ1) is 17.5. The molecule has 1 aromatic carbocycles. The fourth-order valence-electron chi connectivity index (χ4n) is 3.82. The van der Waals surface area contributed by atoms with Crippen molar-refractivity contribution in [3.63, 3.8) is 0 Å². The van der Waals surface area contributed by atoms with Gasteiger partial charge in [0.2, 0.25) is 0 Å². The van der Waals surface area contributed by atoms with Gasteiger partial charge < -0.3 is 19.3 Å². The smallest absolute Gasteiger partial charge is 0.161 e. The molecule has 1 atom stereocenters. The van der Waals surface area contributed by atoms with Gasteiger partial charge in [0.25, 0.3) is 0 Å². The number of likely N-dealkylation sites (tertiary alicyclic amines) is 1. The number of aryl methyl sites for hydroxylation is 1. The maximum absolute atomic E-state index is 9.95. The molecule has 2 aliphatic heterocycles. The molecule has 5 nitrogen and oxygen atoms in total. The van der Waals surface area contributed by atoms with Gasteiger partial charge in [-0.15, -0.1) is 0 Å². The molecule has 2 heterocycles. The summed E-state index contributed by atoms with van der Waals surface area (Å²) in [5.41, 5.74) is 2.48. The average Bonchev–Trinajstić information content (AvgIpc) is 2.61. The van der Waals surface area contributed by atoms with E-state index in [1.54, 1.807) is 7.11 Å². The number of hydrogen-bond acceptors (Lipinski definition) is 5. The van der Waals surface area contributed by atoms with Gasteiger partial charge in [-0.1, -0.05) is 0 Å². The second-order valence-corrected chi connectivity index (χ2v) is 7.14. The van der Waals surface area contributed by atoms with Crippen LogP contribution in [0.15, 0.2) is 12.1 Å². The lowest BCUT2D eigenvalue weighted by atomic mass is 9.78. The van der Waals surface area contributed by atoms with E-state index in [9.17, 15) is 5.11 Å². The molecular weight excluding hydrogens is 306 g/mol. The number of hydrogen-bond donors (Lipinski definition) is 1. The number of benzene rings is 1. The predicted octanol–water partition coefficient (Wildman–Crippen LogP) is 2.38. The zero-order valence-electron chi connectivity index (χ0n) is 14.8. The summed E-state index contributed by atoms with van der Waals surface area (Å²) in [5.74, 6) is 1.71. The number of fused-ring (bicyclic) bond motifs is 1. The lowest BCUT2D eigenvalue weighted by molar-refractivity contribution is 0.00466. The molecule has 1 N–H and O–H groups in total. The van der Waals surface area contributed by atoms with E-state index < -0.39 is 0 Å². The highest BCUT2D eigenvalue weighted by atomic mass is 16.6. The van der Waals surface area contributed by atoms with Crippen LogP contribution < -0.4 is 9.47 Å². The molecule has 24 heavy (non-hydrogen) atoms. The number of nitrogens with zero attached hydrogens (tertiary/aromatic N) is 1. The van der Waals surface area contributed by atoms with Crippen LogP contribution in [0.2, 0.25) is 0 Å². The summed E-state index contributed by atoms with van der Waals surface area (Å²) in [6, 6.07) is 4.20. The van der Waals surface area contributed by atoms with Crippen LogP contribution in [0.4, 0.5) is 0 Å². The van der Waals surface area contributed by atoms with E-state index in [0.717, 1.165) is 50.4 Å². The summed E-state index contributed by atoms with van der Waals surface area (Å²) >= 11 is 0. The molecule has 0 aromatic heterocycles. The van der Waals surface area contributed by atoms with Crippen LogP contribution in [0.3, 0.4) is 0 Å². The van der Waals surface area contributed by atoms with Gasteiger partial charge in [-0.05, 0) is 56.0 Å². The van der Waals surface area contributed by atoms with Crippen LogP contribution in [0, 0.1) is 12.3 Å². The Morgan fingerprint density at radius 3 is 2.71 bits per heavy atom. The molecular formula is C19H29NO4. The first-order valence-corrected chi connectivity index (χ1v) is 8.87. The van der Waals surface area contributed by atoms with Gasteiger partial charge in [-0.3, -0.25) is 4.90 Å². The number of rotatable bonds is 6. The number of piperidine rings is 1. The zero-order chi connectivity index (χ0) is 17.0. The fraction of sp³-hybridized carbons (Fsp3) is 0.684. The third kappa shape index (κ3) is 3.85. The summed E-state index contributed by atoms with van der Waals surface area (Å²) in [6.45, 7) is 7.17. The minimum atomic E-state index is -0.0318. The van der Waals surface area contributed by atoms with Crippen LogP contribution in [0.1, 0.15) is 30.4 Å². The first-order chi connectivity index (χ1) is 11.7. The normalized spacial score (nSPS) is 24.1. The van der Waals surface area contributed by atoms with Crippen LogP contribution in [0.25, 0.3) is 0 Å². The third-order valence-electron chi connectivity index (χ3n) is 5.31. The van der Waals surface area contributed by atoms with Gasteiger partial charge in [0.15, 0.2) is 11.5 Å². The molecule has 2 aliphatic rings. The maximum atomic E-state index is 9.95. The molecule has 1 fully saturated rings. The van der Waals surface area contributed by atoms with E-state index in [1.807, 2.05) is 0 Å². The number of aliphatic hydroxyl groups excluding tert-OH is 1. The van der Waals surface area contributed by atoms with Gasteiger partial charge in [-0.2, -0.15) is 0 Å². The van der Waals surface area contributed by atoms with E-state index in [0.29, 0.717) is 19.8 Å². The van der Waals surface area contributed by atoms with Crippen LogP contribution in [0.5, 0.6) is 11.5 Å². The van der Waals surface area contributed by atoms with E-state index in [4.69, 9.17) is 14.2 Å². The Labute approximate surface area is 144 Å². The Kier molecular flexibility index (Phi) is 5.64. The van der Waals surface area contributed by atoms with E-state index in [1.165, 1.54) is 11.1 Å². The summed E-state index contributed by atoms with van der Waals surface area (Å²) in [6.07, 6.45) is 3.11. The topological polar surface area (TPSA) is 51.2 Å². The Balaban J connectivity index is 1.71. The molecule has 5 heteroatoms. The van der Waals surface area contributed by atoms with E-state index >= 15 is 0 Å². The molecule has 0 amide bonds. The second-order valence-electron chi connectivity index (χ2n) is 7.14. The van der Waals surface area contributed by atoms with Gasteiger partial charge >= 0.3 is 0 Å². The molecule has 0 spiro atoms. The molecule has 1 saturated heterocycles. The van der Waals surface area contributed by atoms with Crippen molar-refractivity contribution >= 4 is 0 Å². The average molecular weight is 335 g/mol. The van der Waals surface area contributed by atoms with Crippen molar-refractivity contribution in [2.75, 3.05) is 46.6 Å². The Bertz CT molecular complexity index is 563. The minimum absolute atomic E-state index is 0.0318. The molecule has 3 rings (SSSR count). The molecule has 0 unspecified atom stereocenters. The van der Waals surface area contributed by atoms with Gasteiger partial charge in [-0.25, -0.2) is 0 Å². The highest BCUT2D eigenvalue weighted by Gasteiger charge is 2.34. The molecule has 0 radical (unpaired) electrons. The second kappa shape index (κ2) is 7.72. The van der Waals surface area contributed by atoms with Crippen molar-refractivity contribution in [1.82, 2.24) is 4.90 Å². The highest BCUT2D eigenvalue weighted by molar-refractivity contribution is 5.47. The summed E-state index contributed by atoms with van der Waals surface area (Å²) in [7, 11) is 1.73. The van der Waals surface area contributed by atoms with Crippen molar-refractivity contribution in [2.24, 2.45) is 5.41 Å². The molecule has 0 saturated carbocycles. The fourth-order valence-corrected chi connectivity index (χ4v) is 3.82. The Morgan fingerprint density at radius 2 is 2.00 bits per heavy atom.